The number of ether oxygens (including phenoxy) is 1. The predicted octanol–water partition coefficient (Wildman–Crippen LogP) is 4.92. The summed E-state index contributed by atoms with van der Waals surface area (Å²) in [7, 11) is -3.43. The van der Waals surface area contributed by atoms with Gasteiger partial charge in [-0.2, -0.15) is 8.42 Å². The Kier molecular flexibility index (Phi) is 12.6. The molecule has 1 aliphatic heterocycles. The van der Waals surface area contributed by atoms with E-state index in [2.05, 4.69) is 0 Å². The van der Waals surface area contributed by atoms with Crippen LogP contribution >= 0.6 is 11.8 Å². The van der Waals surface area contributed by atoms with E-state index in [1.54, 1.807) is 6.26 Å². The summed E-state index contributed by atoms with van der Waals surface area (Å²) in [6, 6.07) is 14.0. The number of carboxylic acids is 3. The molecule has 0 saturated carbocycles. The number of hydrogen-bond acceptors (Lipinski definition) is 8. The first-order chi connectivity index (χ1) is 20.3. The lowest BCUT2D eigenvalue weighted by atomic mass is 9.70. The minimum absolute atomic E-state index is 0.166. The second kappa shape index (κ2) is 15.7. The highest BCUT2D eigenvalue weighted by atomic mass is 32.2. The lowest BCUT2D eigenvalue weighted by Gasteiger charge is -2.46. The molecule has 0 spiro atoms. The molecule has 3 rings (SSSR count). The van der Waals surface area contributed by atoms with Crippen molar-refractivity contribution in [3.63, 3.8) is 0 Å². The molecule has 1 fully saturated rings. The van der Waals surface area contributed by atoms with Crippen molar-refractivity contribution >= 4 is 39.8 Å². The van der Waals surface area contributed by atoms with E-state index < -0.39 is 57.3 Å². The van der Waals surface area contributed by atoms with Crippen molar-refractivity contribution in [1.29, 1.82) is 0 Å². The Bertz CT molecular complexity index is 1370. The van der Waals surface area contributed by atoms with Gasteiger partial charge in [-0.1, -0.05) is 42.5 Å². The van der Waals surface area contributed by atoms with Gasteiger partial charge < -0.3 is 20.1 Å². The molecule has 236 valence electrons. The van der Waals surface area contributed by atoms with E-state index in [1.165, 1.54) is 11.8 Å². The summed E-state index contributed by atoms with van der Waals surface area (Å²) in [5.41, 5.74) is 4.39. The minimum atomic E-state index is -3.43. The van der Waals surface area contributed by atoms with E-state index >= 15 is 0 Å². The maximum Gasteiger partial charge on any atom is 0.303 e. The van der Waals surface area contributed by atoms with E-state index in [-0.39, 0.29) is 25.9 Å². The van der Waals surface area contributed by atoms with Gasteiger partial charge in [-0.15, -0.1) is 11.8 Å². The Labute approximate surface area is 256 Å². The van der Waals surface area contributed by atoms with Gasteiger partial charge in [0.05, 0.1) is 31.8 Å². The highest BCUT2D eigenvalue weighted by Gasteiger charge is 2.48. The molecular formula is C31H40O10S2. The molecule has 12 heteroatoms. The summed E-state index contributed by atoms with van der Waals surface area (Å²) in [5.74, 6) is -5.36. The van der Waals surface area contributed by atoms with Crippen LogP contribution in [0.15, 0.2) is 42.5 Å². The fraction of sp³-hybridized carbons (Fsp3) is 0.516. The van der Waals surface area contributed by atoms with E-state index in [0.29, 0.717) is 12.8 Å². The zero-order valence-electron chi connectivity index (χ0n) is 24.6. The molecule has 1 aliphatic rings. The smallest absolute Gasteiger partial charge is 0.303 e. The molecule has 2 aromatic rings. The number of benzene rings is 2. The first-order valence-corrected chi connectivity index (χ1v) is 17.2. The van der Waals surface area contributed by atoms with Gasteiger partial charge >= 0.3 is 17.9 Å². The second-order valence-electron chi connectivity index (χ2n) is 11.1. The molecular weight excluding hydrogens is 596 g/mol. The van der Waals surface area contributed by atoms with E-state index in [9.17, 15) is 38.1 Å². The SMILES string of the molecule is CS[C@H]1O[C@H](c2ccc(C)c(Cc3ccc(CCCCOS(C)(=O)=O)cc3)c2)[C@@H](CC(=O)O)[C@@H](CC(=O)O)[C@@H]1CC(=O)O. The van der Waals surface area contributed by atoms with Crippen molar-refractivity contribution in [1.82, 2.24) is 0 Å². The number of aryl methyl sites for hydroxylation is 2. The number of rotatable bonds is 16. The Morgan fingerprint density at radius 1 is 0.860 bits per heavy atom. The summed E-state index contributed by atoms with van der Waals surface area (Å²) in [5, 5.41) is 29.0. The third-order valence-corrected chi connectivity index (χ3v) is 9.38. The van der Waals surface area contributed by atoms with Crippen LogP contribution in [0, 0.1) is 24.7 Å². The number of aliphatic carboxylic acids is 3. The largest absolute Gasteiger partial charge is 0.481 e. The van der Waals surface area contributed by atoms with Crippen molar-refractivity contribution in [2.45, 2.75) is 63.4 Å². The van der Waals surface area contributed by atoms with E-state index in [4.69, 9.17) is 8.92 Å². The fourth-order valence-electron chi connectivity index (χ4n) is 5.80. The summed E-state index contributed by atoms with van der Waals surface area (Å²) >= 11 is 1.31. The summed E-state index contributed by atoms with van der Waals surface area (Å²) < 4.78 is 33.3. The van der Waals surface area contributed by atoms with Gasteiger partial charge in [0.25, 0.3) is 10.1 Å². The van der Waals surface area contributed by atoms with Crippen LogP contribution in [-0.2, 0) is 46.3 Å². The Hall–Kier alpha value is -2.93. The molecule has 43 heavy (non-hydrogen) atoms. The van der Waals surface area contributed by atoms with Gasteiger partial charge in [0.2, 0.25) is 0 Å². The van der Waals surface area contributed by atoms with Crippen molar-refractivity contribution in [3.05, 3.63) is 70.3 Å². The molecule has 0 aromatic heterocycles. The average Bonchev–Trinajstić information content (AvgIpc) is 2.91. The number of thioether (sulfide) groups is 1. The number of unbranched alkanes of at least 4 members (excludes halogenated alkanes) is 1. The summed E-state index contributed by atoms with van der Waals surface area (Å²) in [4.78, 5) is 35.5. The highest BCUT2D eigenvalue weighted by Crippen LogP contribution is 2.50. The second-order valence-corrected chi connectivity index (χ2v) is 13.7. The van der Waals surface area contributed by atoms with Crippen molar-refractivity contribution < 1.29 is 47.0 Å². The quantitative estimate of drug-likeness (QED) is 0.169. The Morgan fingerprint density at radius 3 is 2.02 bits per heavy atom. The molecule has 0 bridgehead atoms. The number of hydrogen-bond donors (Lipinski definition) is 3. The minimum Gasteiger partial charge on any atom is -0.481 e. The van der Waals surface area contributed by atoms with Gasteiger partial charge in [-0.3, -0.25) is 18.6 Å². The lowest BCUT2D eigenvalue weighted by molar-refractivity contribution is -0.161. The predicted molar refractivity (Wildman–Crippen MR) is 163 cm³/mol. The van der Waals surface area contributed by atoms with Gasteiger partial charge in [0.15, 0.2) is 0 Å². The van der Waals surface area contributed by atoms with Crippen molar-refractivity contribution in [2.75, 3.05) is 19.1 Å². The Morgan fingerprint density at radius 2 is 1.44 bits per heavy atom. The molecule has 2 aromatic carbocycles. The van der Waals surface area contributed by atoms with E-state index in [1.807, 2.05) is 49.4 Å². The highest BCUT2D eigenvalue weighted by molar-refractivity contribution is 7.99. The van der Waals surface area contributed by atoms with Crippen molar-refractivity contribution in [2.24, 2.45) is 17.8 Å². The molecule has 3 N–H and O–H groups in total. The van der Waals surface area contributed by atoms with Gasteiger partial charge in [0.1, 0.15) is 5.44 Å². The zero-order chi connectivity index (χ0) is 31.7. The van der Waals surface area contributed by atoms with Crippen LogP contribution in [0.4, 0.5) is 0 Å². The number of carbonyl (C=O) groups is 3. The van der Waals surface area contributed by atoms with Crippen LogP contribution in [0.2, 0.25) is 0 Å². The lowest BCUT2D eigenvalue weighted by Crippen LogP contribution is -2.45. The molecule has 0 unspecified atom stereocenters. The van der Waals surface area contributed by atoms with E-state index in [0.717, 1.165) is 46.9 Å². The van der Waals surface area contributed by atoms with Crippen LogP contribution in [0.1, 0.15) is 66.0 Å². The zero-order valence-corrected chi connectivity index (χ0v) is 26.2. The molecule has 0 amide bonds. The third kappa shape index (κ3) is 10.6. The Balaban J connectivity index is 1.82. The monoisotopic (exact) mass is 636 g/mol. The first-order valence-electron chi connectivity index (χ1n) is 14.1. The first kappa shape index (κ1) is 34.6. The fourth-order valence-corrected chi connectivity index (χ4v) is 7.10. The van der Waals surface area contributed by atoms with Crippen LogP contribution in [-0.4, -0.2) is 66.2 Å². The average molecular weight is 637 g/mol. The van der Waals surface area contributed by atoms with Crippen LogP contribution in [0.5, 0.6) is 0 Å². The molecule has 0 radical (unpaired) electrons. The molecule has 0 aliphatic carbocycles. The topological polar surface area (TPSA) is 164 Å². The van der Waals surface area contributed by atoms with Gasteiger partial charge in [-0.25, -0.2) is 0 Å². The van der Waals surface area contributed by atoms with Gasteiger partial charge in [-0.05, 0) is 72.6 Å². The molecule has 1 heterocycles. The number of carboxylic acid groups (broad SMARTS) is 3. The molecule has 1 saturated heterocycles. The maximum atomic E-state index is 11.9. The van der Waals surface area contributed by atoms with Gasteiger partial charge in [0, 0.05) is 18.3 Å². The summed E-state index contributed by atoms with van der Waals surface area (Å²) in [6.45, 7) is 2.16. The molecule has 5 atom stereocenters. The normalized spacial score (nSPS) is 22.3. The van der Waals surface area contributed by atoms with Crippen LogP contribution in [0.25, 0.3) is 0 Å². The van der Waals surface area contributed by atoms with Crippen LogP contribution in [0.3, 0.4) is 0 Å². The summed E-state index contributed by atoms with van der Waals surface area (Å²) in [6.07, 6.45) is 3.94. The molecule has 10 nitrogen and oxygen atoms in total. The third-order valence-electron chi connectivity index (χ3n) is 7.86. The van der Waals surface area contributed by atoms with Crippen LogP contribution < -0.4 is 0 Å². The van der Waals surface area contributed by atoms with Crippen molar-refractivity contribution in [3.8, 4) is 0 Å². The standard InChI is InChI=1S/C31H40O10S2/c1-19-7-12-22(15-23(19)14-21-10-8-20(9-11-21)6-4-5-13-40-43(3,38)39)30-25(17-28(34)35)24(16-27(32)33)26(18-29(36)37)31(41-30)42-2/h7-12,15,24-26,30-31H,4-6,13-14,16-18H2,1-3H3,(H,32,33)(H,34,35)(H,36,37)/t24-,25+,26+,30-,31-/m1/s1. The maximum absolute atomic E-state index is 11.9.